The Morgan fingerprint density at radius 2 is 1.73 bits per heavy atom. The van der Waals surface area contributed by atoms with Crippen molar-refractivity contribution in [1.82, 2.24) is 20.7 Å². The molecule has 3 rings (SSSR count). The average Bonchev–Trinajstić information content (AvgIpc) is 3.40. The smallest absolute Gasteiger partial charge is 0.309 e. The fraction of sp³-hybridized carbons (Fsp3) is 0.393. The van der Waals surface area contributed by atoms with Crippen molar-refractivity contribution in [2.45, 2.75) is 52.5 Å². The number of carboxylic acid groups (broad SMARTS) is 1. The molecule has 0 aliphatic carbocycles. The van der Waals surface area contributed by atoms with E-state index in [4.69, 9.17) is 4.74 Å². The highest BCUT2D eigenvalue weighted by Crippen LogP contribution is 2.30. The largest absolute Gasteiger partial charge is 0.481 e. The highest BCUT2D eigenvalue weighted by Gasteiger charge is 2.36. The topological polar surface area (TPSA) is 134 Å². The number of rotatable bonds is 13. The number of amides is 1. The number of aliphatic carboxylic acids is 1. The Kier molecular flexibility index (Phi) is 9.54. The molecule has 0 fully saturated rings. The Hall–Kier alpha value is -4.01. The molecule has 0 spiro atoms. The molecule has 0 saturated carbocycles. The van der Waals surface area contributed by atoms with Gasteiger partial charge in [0.15, 0.2) is 0 Å². The van der Waals surface area contributed by atoms with Gasteiger partial charge < -0.3 is 15.2 Å². The number of hydrogen-bond donors (Lipinski definition) is 3. The fourth-order valence-electron chi connectivity index (χ4n) is 4.12. The maximum atomic E-state index is 12.8. The summed E-state index contributed by atoms with van der Waals surface area (Å²) in [5.74, 6) is -1.64. The second-order valence-electron chi connectivity index (χ2n) is 9.95. The maximum absolute atomic E-state index is 12.8. The number of ether oxygens (including phenoxy) is 1. The van der Waals surface area contributed by atoms with Crippen molar-refractivity contribution in [3.63, 3.8) is 0 Å². The molecule has 0 saturated heterocycles. The van der Waals surface area contributed by atoms with Crippen LogP contribution in [0, 0.1) is 11.3 Å². The molecule has 1 aromatic heterocycles. The lowest BCUT2D eigenvalue weighted by Gasteiger charge is -2.30. The molecule has 1 amide bonds. The number of benzene rings is 2. The highest BCUT2D eigenvalue weighted by molar-refractivity contribution is 5.92. The normalized spacial score (nSPS) is 13.5. The number of aromatic amines is 1. The van der Waals surface area contributed by atoms with E-state index in [2.05, 4.69) is 20.7 Å². The summed E-state index contributed by atoms with van der Waals surface area (Å²) in [6.45, 7) is 5.43. The van der Waals surface area contributed by atoms with E-state index in [0.29, 0.717) is 6.42 Å². The van der Waals surface area contributed by atoms with Crippen molar-refractivity contribution in [2.24, 2.45) is 11.3 Å². The first-order valence-electron chi connectivity index (χ1n) is 12.4. The van der Waals surface area contributed by atoms with Gasteiger partial charge in [0.1, 0.15) is 5.69 Å². The number of nitrogens with zero attached hydrogens (tertiary/aromatic N) is 2. The second-order valence-corrected chi connectivity index (χ2v) is 9.95. The lowest BCUT2D eigenvalue weighted by atomic mass is 9.79. The minimum Gasteiger partial charge on any atom is -0.481 e. The lowest BCUT2D eigenvalue weighted by molar-refractivity contribution is -0.153. The van der Waals surface area contributed by atoms with Gasteiger partial charge in [-0.2, -0.15) is 0 Å². The van der Waals surface area contributed by atoms with E-state index in [1.165, 1.54) is 6.20 Å². The molecule has 2 aromatic carbocycles. The molecule has 3 N–H and O–H groups in total. The van der Waals surface area contributed by atoms with Crippen LogP contribution in [0.15, 0.2) is 60.8 Å². The predicted octanol–water partition coefficient (Wildman–Crippen LogP) is 4.27. The van der Waals surface area contributed by atoms with E-state index in [1.807, 2.05) is 68.4 Å². The van der Waals surface area contributed by atoms with Crippen LogP contribution in [-0.2, 0) is 20.7 Å². The number of H-pyrrole nitrogens is 1. The Morgan fingerprint density at radius 1 is 1.05 bits per heavy atom. The Labute approximate surface area is 216 Å². The first kappa shape index (κ1) is 27.6. The summed E-state index contributed by atoms with van der Waals surface area (Å²) in [5.41, 5.74) is 2.06. The number of aromatic nitrogens is 3. The third-order valence-electron chi connectivity index (χ3n) is 6.24. The van der Waals surface area contributed by atoms with Crippen LogP contribution in [0.2, 0.25) is 0 Å². The van der Waals surface area contributed by atoms with E-state index >= 15 is 0 Å². The third kappa shape index (κ3) is 8.27. The molecule has 196 valence electrons. The zero-order valence-electron chi connectivity index (χ0n) is 21.4. The molecular weight excluding hydrogens is 472 g/mol. The third-order valence-corrected chi connectivity index (χ3v) is 6.24. The van der Waals surface area contributed by atoms with E-state index in [0.717, 1.165) is 16.7 Å². The van der Waals surface area contributed by atoms with Crippen LogP contribution in [0.1, 0.15) is 56.1 Å². The molecule has 3 aromatic rings. The van der Waals surface area contributed by atoms with E-state index in [9.17, 15) is 19.5 Å². The standard InChI is InChI=1S/C28H34N4O5/c1-19(2)15-25(33)37-14-13-28(3,27(35)36)17-23(30-26(34)24-18-29-32-31-24)16-20-9-11-22(12-10-20)21-7-5-4-6-8-21/h4-12,18-19,23H,13-17H2,1-3H3,(H,30,34)(H,35,36)(H,29,31,32)/t23-,28-/m1/s1. The molecule has 1 heterocycles. The summed E-state index contributed by atoms with van der Waals surface area (Å²) >= 11 is 0. The molecular formula is C28H34N4O5. The van der Waals surface area contributed by atoms with Crippen LogP contribution >= 0.6 is 0 Å². The second kappa shape index (κ2) is 12.8. The van der Waals surface area contributed by atoms with Crippen molar-refractivity contribution in [1.29, 1.82) is 0 Å². The van der Waals surface area contributed by atoms with Crippen molar-refractivity contribution in [3.8, 4) is 11.1 Å². The van der Waals surface area contributed by atoms with Gasteiger partial charge in [0.25, 0.3) is 5.91 Å². The van der Waals surface area contributed by atoms with E-state index < -0.39 is 23.3 Å². The summed E-state index contributed by atoms with van der Waals surface area (Å²) < 4.78 is 5.28. The van der Waals surface area contributed by atoms with Gasteiger partial charge in [0.05, 0.1) is 18.2 Å². The minimum atomic E-state index is -1.23. The van der Waals surface area contributed by atoms with Gasteiger partial charge in [-0.05, 0) is 48.8 Å². The number of nitrogens with one attached hydrogen (secondary N) is 2. The van der Waals surface area contributed by atoms with Gasteiger partial charge in [-0.25, -0.2) is 0 Å². The number of carbonyl (C=O) groups excluding carboxylic acids is 2. The van der Waals surface area contributed by atoms with Crippen LogP contribution in [0.4, 0.5) is 0 Å². The first-order valence-corrected chi connectivity index (χ1v) is 12.4. The summed E-state index contributed by atoms with van der Waals surface area (Å²) in [4.78, 5) is 37.0. The highest BCUT2D eigenvalue weighted by atomic mass is 16.5. The number of carbonyl (C=O) groups is 3. The molecule has 0 bridgehead atoms. The Balaban J connectivity index is 1.75. The summed E-state index contributed by atoms with van der Waals surface area (Å²) in [7, 11) is 0. The van der Waals surface area contributed by atoms with E-state index in [-0.39, 0.29) is 43.5 Å². The van der Waals surface area contributed by atoms with Crippen LogP contribution in [0.3, 0.4) is 0 Å². The monoisotopic (exact) mass is 506 g/mol. The molecule has 9 nitrogen and oxygen atoms in total. The summed E-state index contributed by atoms with van der Waals surface area (Å²) in [6.07, 6.45) is 2.26. The van der Waals surface area contributed by atoms with Gasteiger partial charge in [0.2, 0.25) is 0 Å². The van der Waals surface area contributed by atoms with E-state index in [1.54, 1.807) is 6.92 Å². The zero-order chi connectivity index (χ0) is 26.8. The molecule has 37 heavy (non-hydrogen) atoms. The summed E-state index contributed by atoms with van der Waals surface area (Å²) in [6, 6.07) is 17.4. The van der Waals surface area contributed by atoms with Gasteiger partial charge >= 0.3 is 11.9 Å². The van der Waals surface area contributed by atoms with Crippen molar-refractivity contribution in [3.05, 3.63) is 72.1 Å². The van der Waals surface area contributed by atoms with Gasteiger partial charge in [-0.3, -0.25) is 19.5 Å². The number of esters is 1. The molecule has 0 radical (unpaired) electrons. The van der Waals surface area contributed by atoms with Crippen LogP contribution < -0.4 is 5.32 Å². The van der Waals surface area contributed by atoms with Crippen LogP contribution in [-0.4, -0.2) is 51.0 Å². The van der Waals surface area contributed by atoms with Gasteiger partial charge in [-0.15, -0.1) is 5.10 Å². The SMILES string of the molecule is CC(C)CC(=O)OCC[C@](C)(C[C@@H](Cc1ccc(-c2ccccc2)cc1)NC(=O)c1cnn[nH]1)C(=O)O. The first-order chi connectivity index (χ1) is 17.7. The van der Waals surface area contributed by atoms with Crippen molar-refractivity contribution < 1.29 is 24.2 Å². The zero-order valence-corrected chi connectivity index (χ0v) is 21.4. The minimum absolute atomic E-state index is 0.00867. The van der Waals surface area contributed by atoms with Crippen molar-refractivity contribution in [2.75, 3.05) is 6.61 Å². The van der Waals surface area contributed by atoms with Crippen LogP contribution in [0.25, 0.3) is 11.1 Å². The Bertz CT molecular complexity index is 1160. The molecule has 2 atom stereocenters. The van der Waals surface area contributed by atoms with Gasteiger partial charge in [-0.1, -0.05) is 73.7 Å². The number of carboxylic acids is 1. The molecule has 9 heteroatoms. The summed E-state index contributed by atoms with van der Waals surface area (Å²) in [5, 5.41) is 22.7. The molecule has 0 unspecified atom stereocenters. The Morgan fingerprint density at radius 3 is 2.32 bits per heavy atom. The van der Waals surface area contributed by atoms with Crippen LogP contribution in [0.5, 0.6) is 0 Å². The number of hydrogen-bond acceptors (Lipinski definition) is 6. The van der Waals surface area contributed by atoms with Gasteiger partial charge in [0, 0.05) is 12.5 Å². The molecule has 0 aliphatic heterocycles. The lowest BCUT2D eigenvalue weighted by Crippen LogP contribution is -2.43. The fourth-order valence-corrected chi connectivity index (χ4v) is 4.12. The molecule has 0 aliphatic rings. The quantitative estimate of drug-likeness (QED) is 0.295. The maximum Gasteiger partial charge on any atom is 0.309 e. The van der Waals surface area contributed by atoms with Crippen molar-refractivity contribution >= 4 is 17.8 Å². The average molecular weight is 507 g/mol. The predicted molar refractivity (Wildman–Crippen MR) is 139 cm³/mol.